The number of hydrogen-bond donors (Lipinski definition) is 2. The number of ketones is 1. The minimum Gasteiger partial charge on any atom is -0.493 e. The molecule has 7 heteroatoms. The quantitative estimate of drug-likeness (QED) is 0.763. The second-order valence-corrected chi connectivity index (χ2v) is 6.86. The summed E-state index contributed by atoms with van der Waals surface area (Å²) in [7, 11) is 1.51. The summed E-state index contributed by atoms with van der Waals surface area (Å²) in [6.07, 6.45) is 0. The zero-order chi connectivity index (χ0) is 20.3. The largest absolute Gasteiger partial charge is 0.493 e. The van der Waals surface area contributed by atoms with Gasteiger partial charge in [-0.2, -0.15) is 0 Å². The number of nitrogens with one attached hydrogen (secondary N) is 2. The third kappa shape index (κ3) is 4.12. The molecule has 0 aromatic heterocycles. The molecule has 0 aliphatic carbocycles. The Balaban J connectivity index is 2.08. The molecule has 2 N–H and O–H groups in total. The molecule has 0 bridgehead atoms. The Bertz CT molecular complexity index is 941. The Labute approximate surface area is 168 Å². The summed E-state index contributed by atoms with van der Waals surface area (Å²) in [5.74, 6) is 0.684. The number of methoxy groups -OCH3 is 1. The summed E-state index contributed by atoms with van der Waals surface area (Å²) in [5.41, 5.74) is 2.46. The summed E-state index contributed by atoms with van der Waals surface area (Å²) in [6, 6.07) is 11.9. The predicted molar refractivity (Wildman–Crippen MR) is 107 cm³/mol. The number of rotatable bonds is 6. The van der Waals surface area contributed by atoms with Gasteiger partial charge < -0.3 is 20.1 Å². The standard InChI is InChI=1S/C21H21ClN2O4/c1-12-18(13(2)25)19(24-21(26)23-12)16-9-15(22)10-17(27-3)20(16)28-11-14-7-5-4-6-8-14/h4-10,19H,11H2,1-3H3,(H2,23,24,26)/t19-/m1/s1. The molecule has 0 radical (unpaired) electrons. The van der Waals surface area contributed by atoms with Crippen LogP contribution in [0.1, 0.15) is 31.0 Å². The Hall–Kier alpha value is -2.99. The van der Waals surface area contributed by atoms with Gasteiger partial charge in [0, 0.05) is 27.9 Å². The molecule has 3 rings (SSSR count). The highest BCUT2D eigenvalue weighted by Crippen LogP contribution is 2.41. The first-order chi connectivity index (χ1) is 13.4. The van der Waals surface area contributed by atoms with E-state index in [4.69, 9.17) is 21.1 Å². The molecule has 0 saturated heterocycles. The van der Waals surface area contributed by atoms with E-state index in [1.54, 1.807) is 19.1 Å². The molecular formula is C21H21ClN2O4. The number of Topliss-reactive ketones (excluding diaryl/α,β-unsaturated/α-hetero) is 1. The first-order valence-electron chi connectivity index (χ1n) is 8.74. The van der Waals surface area contributed by atoms with Crippen LogP contribution in [-0.4, -0.2) is 18.9 Å². The first kappa shape index (κ1) is 19.8. The van der Waals surface area contributed by atoms with E-state index < -0.39 is 12.1 Å². The Morgan fingerprint density at radius 2 is 1.93 bits per heavy atom. The average Bonchev–Trinajstić information content (AvgIpc) is 2.66. The molecule has 1 atom stereocenters. The molecule has 6 nitrogen and oxygen atoms in total. The fourth-order valence-electron chi connectivity index (χ4n) is 3.23. The first-order valence-corrected chi connectivity index (χ1v) is 9.12. The van der Waals surface area contributed by atoms with Crippen molar-refractivity contribution in [1.29, 1.82) is 0 Å². The molecule has 146 valence electrons. The predicted octanol–water partition coefficient (Wildman–Crippen LogP) is 4.14. The summed E-state index contributed by atoms with van der Waals surface area (Å²) in [6.45, 7) is 3.44. The topological polar surface area (TPSA) is 76.7 Å². The Morgan fingerprint density at radius 1 is 1.21 bits per heavy atom. The zero-order valence-electron chi connectivity index (χ0n) is 15.8. The maximum absolute atomic E-state index is 12.3. The summed E-state index contributed by atoms with van der Waals surface area (Å²) >= 11 is 6.27. The van der Waals surface area contributed by atoms with Gasteiger partial charge in [0.15, 0.2) is 17.3 Å². The fraction of sp³-hybridized carbons (Fsp3) is 0.238. The van der Waals surface area contributed by atoms with E-state index in [9.17, 15) is 9.59 Å². The van der Waals surface area contributed by atoms with Crippen molar-refractivity contribution in [3.8, 4) is 11.5 Å². The third-order valence-electron chi connectivity index (χ3n) is 4.45. The van der Waals surface area contributed by atoms with E-state index in [1.807, 2.05) is 30.3 Å². The van der Waals surface area contributed by atoms with Gasteiger partial charge in [0.1, 0.15) is 6.61 Å². The molecule has 0 spiro atoms. The van der Waals surface area contributed by atoms with E-state index in [2.05, 4.69) is 10.6 Å². The van der Waals surface area contributed by atoms with Gasteiger partial charge in [0.25, 0.3) is 0 Å². The van der Waals surface area contributed by atoms with Gasteiger partial charge in [0.2, 0.25) is 0 Å². The SMILES string of the molecule is COc1cc(Cl)cc([C@H]2NC(=O)NC(C)=C2C(C)=O)c1OCc1ccccc1. The second-order valence-electron chi connectivity index (χ2n) is 6.43. The maximum atomic E-state index is 12.3. The third-order valence-corrected chi connectivity index (χ3v) is 4.67. The van der Waals surface area contributed by atoms with Gasteiger partial charge in [0.05, 0.1) is 13.2 Å². The van der Waals surface area contributed by atoms with Crippen molar-refractivity contribution in [2.75, 3.05) is 7.11 Å². The molecule has 0 unspecified atom stereocenters. The van der Waals surface area contributed by atoms with Crippen molar-refractivity contribution >= 4 is 23.4 Å². The molecular weight excluding hydrogens is 380 g/mol. The van der Waals surface area contributed by atoms with E-state index in [0.29, 0.717) is 40.0 Å². The van der Waals surface area contributed by atoms with Crippen molar-refractivity contribution < 1.29 is 19.1 Å². The summed E-state index contributed by atoms with van der Waals surface area (Å²) in [5, 5.41) is 5.83. The van der Waals surface area contributed by atoms with Gasteiger partial charge >= 0.3 is 6.03 Å². The summed E-state index contributed by atoms with van der Waals surface area (Å²) in [4.78, 5) is 24.4. The fourth-order valence-corrected chi connectivity index (χ4v) is 3.45. The lowest BCUT2D eigenvalue weighted by Crippen LogP contribution is -2.44. The lowest BCUT2D eigenvalue weighted by atomic mass is 9.92. The maximum Gasteiger partial charge on any atom is 0.319 e. The van der Waals surface area contributed by atoms with Crippen LogP contribution in [0.2, 0.25) is 5.02 Å². The van der Waals surface area contributed by atoms with Gasteiger partial charge in [-0.25, -0.2) is 4.79 Å². The number of urea groups is 1. The normalized spacial score (nSPS) is 16.3. The lowest BCUT2D eigenvalue weighted by molar-refractivity contribution is -0.114. The van der Waals surface area contributed by atoms with Crippen LogP contribution in [0, 0.1) is 0 Å². The van der Waals surface area contributed by atoms with E-state index in [0.717, 1.165) is 5.56 Å². The molecule has 2 aromatic rings. The molecule has 1 aliphatic rings. The molecule has 2 amide bonds. The number of allylic oxidation sites excluding steroid dienone is 1. The van der Waals surface area contributed by atoms with Gasteiger partial charge in [-0.3, -0.25) is 4.79 Å². The van der Waals surface area contributed by atoms with Crippen LogP contribution in [0.4, 0.5) is 4.79 Å². The molecule has 28 heavy (non-hydrogen) atoms. The smallest absolute Gasteiger partial charge is 0.319 e. The van der Waals surface area contributed by atoms with E-state index >= 15 is 0 Å². The van der Waals surface area contributed by atoms with Crippen LogP contribution >= 0.6 is 11.6 Å². The number of carbonyl (C=O) groups is 2. The molecule has 0 saturated carbocycles. The lowest BCUT2D eigenvalue weighted by Gasteiger charge is -2.30. The van der Waals surface area contributed by atoms with Crippen LogP contribution in [0.5, 0.6) is 11.5 Å². The molecule has 1 aliphatic heterocycles. The van der Waals surface area contributed by atoms with Crippen LogP contribution < -0.4 is 20.1 Å². The Morgan fingerprint density at radius 3 is 2.57 bits per heavy atom. The van der Waals surface area contributed by atoms with Crippen LogP contribution in [-0.2, 0) is 11.4 Å². The highest BCUT2D eigenvalue weighted by Gasteiger charge is 2.32. The molecule has 1 heterocycles. The minimum absolute atomic E-state index is 0.164. The van der Waals surface area contributed by atoms with Gasteiger partial charge in [-0.05, 0) is 25.5 Å². The highest BCUT2D eigenvalue weighted by molar-refractivity contribution is 6.30. The number of ether oxygens (including phenoxy) is 2. The van der Waals surface area contributed by atoms with E-state index in [1.165, 1.54) is 14.0 Å². The Kier molecular flexibility index (Phi) is 5.90. The highest BCUT2D eigenvalue weighted by atomic mass is 35.5. The van der Waals surface area contributed by atoms with Gasteiger partial charge in [-0.15, -0.1) is 0 Å². The van der Waals surface area contributed by atoms with Crippen LogP contribution in [0.25, 0.3) is 0 Å². The van der Waals surface area contributed by atoms with Crippen molar-refractivity contribution in [3.05, 3.63) is 69.9 Å². The minimum atomic E-state index is -0.704. The number of amides is 2. The average molecular weight is 401 g/mol. The molecule has 0 fully saturated rings. The van der Waals surface area contributed by atoms with E-state index in [-0.39, 0.29) is 5.78 Å². The van der Waals surface area contributed by atoms with Crippen molar-refractivity contribution in [2.24, 2.45) is 0 Å². The number of halogens is 1. The van der Waals surface area contributed by atoms with Gasteiger partial charge in [-0.1, -0.05) is 41.9 Å². The second kappa shape index (κ2) is 8.35. The zero-order valence-corrected chi connectivity index (χ0v) is 16.6. The number of benzene rings is 2. The van der Waals surface area contributed by atoms with Crippen LogP contribution in [0.15, 0.2) is 53.7 Å². The van der Waals surface area contributed by atoms with Crippen LogP contribution in [0.3, 0.4) is 0 Å². The number of carbonyl (C=O) groups excluding carboxylic acids is 2. The number of hydrogen-bond acceptors (Lipinski definition) is 4. The monoisotopic (exact) mass is 400 g/mol. The summed E-state index contributed by atoms with van der Waals surface area (Å²) < 4.78 is 11.5. The van der Waals surface area contributed by atoms with Crippen molar-refractivity contribution in [1.82, 2.24) is 10.6 Å². The van der Waals surface area contributed by atoms with Crippen molar-refractivity contribution in [3.63, 3.8) is 0 Å². The van der Waals surface area contributed by atoms with Crippen molar-refractivity contribution in [2.45, 2.75) is 26.5 Å². The molecule has 2 aromatic carbocycles.